The van der Waals surface area contributed by atoms with E-state index in [1.807, 2.05) is 0 Å². The van der Waals surface area contributed by atoms with E-state index in [-0.39, 0.29) is 0 Å². The average molecular weight is 551 g/mol. The molecule has 5 nitrogen and oxygen atoms in total. The fourth-order valence-electron chi connectivity index (χ4n) is 4.17. The van der Waals surface area contributed by atoms with Crippen LogP contribution < -0.4 is 0 Å². The quantitative estimate of drug-likeness (QED) is 0.249. The number of carbonyl (C=O) groups excluding carboxylic acids is 1. The minimum Gasteiger partial charge on any atom is -0.458 e. The van der Waals surface area contributed by atoms with Gasteiger partial charge in [-0.2, -0.15) is 27.2 Å². The van der Waals surface area contributed by atoms with Crippen LogP contribution in [0.3, 0.4) is 0 Å². The van der Waals surface area contributed by atoms with Crippen LogP contribution in [0.4, 0.5) is 8.78 Å². The van der Waals surface area contributed by atoms with Crippen LogP contribution >= 0.6 is 10.0 Å². The van der Waals surface area contributed by atoms with Crippen molar-refractivity contribution in [2.75, 3.05) is 12.9 Å². The number of rotatable bonds is 7. The van der Waals surface area contributed by atoms with Gasteiger partial charge in [-0.15, -0.1) is 0 Å². The van der Waals surface area contributed by atoms with Gasteiger partial charge in [0.05, 0.1) is 5.92 Å². The first-order valence-corrected chi connectivity index (χ1v) is 15.5. The maximum Gasteiger partial charge on any atom is 0.402 e. The van der Waals surface area contributed by atoms with Crippen molar-refractivity contribution in [2.45, 2.75) is 52.0 Å². The number of esters is 1. The van der Waals surface area contributed by atoms with Crippen LogP contribution in [0.15, 0.2) is 106 Å². The summed E-state index contributed by atoms with van der Waals surface area (Å²) in [5.41, 5.74) is 0. The monoisotopic (exact) mass is 550 g/mol. The Morgan fingerprint density at radius 1 is 0.811 bits per heavy atom. The standard InChI is InChI=1S/C19H18S.C9H14F2O5S/c1-20(17-11-5-2-6-12-17,18-13-7-3-8-14-18)19-15-9-4-10-16-19;10-9(11,17(13,14)15)6-16-8(12)7-4-2-1-3-5-7/h2-16H,1H3;7H,1-6H2,(H,13,14,15). The summed E-state index contributed by atoms with van der Waals surface area (Å²) in [6.07, 6.45) is 6.16. The highest BCUT2D eigenvalue weighted by atomic mass is 32.3. The van der Waals surface area contributed by atoms with Crippen molar-refractivity contribution in [3.8, 4) is 0 Å². The van der Waals surface area contributed by atoms with Gasteiger partial charge in [-0.1, -0.05) is 73.9 Å². The summed E-state index contributed by atoms with van der Waals surface area (Å²) in [5.74, 6) is -1.27. The van der Waals surface area contributed by atoms with Crippen molar-refractivity contribution in [1.82, 2.24) is 0 Å². The van der Waals surface area contributed by atoms with Gasteiger partial charge >= 0.3 is 21.3 Å². The van der Waals surface area contributed by atoms with E-state index in [0.717, 1.165) is 19.3 Å². The third-order valence-corrected chi connectivity index (χ3v) is 10.9. The number of ether oxygens (including phenoxy) is 1. The molecule has 200 valence electrons. The van der Waals surface area contributed by atoms with E-state index in [0.29, 0.717) is 12.8 Å². The number of carbonyl (C=O) groups is 1. The number of benzene rings is 3. The molecule has 1 fully saturated rings. The molecule has 1 aliphatic rings. The Morgan fingerprint density at radius 3 is 1.54 bits per heavy atom. The van der Waals surface area contributed by atoms with Gasteiger partial charge in [0, 0.05) is 0 Å². The summed E-state index contributed by atoms with van der Waals surface area (Å²) in [6.45, 7) is -1.64. The Labute approximate surface area is 218 Å². The lowest BCUT2D eigenvalue weighted by Gasteiger charge is -2.37. The SMILES string of the molecule is CS(c1ccccc1)(c1ccccc1)c1ccccc1.O=C(OCC(F)(F)S(=O)(=O)O)C1CCCCC1. The van der Waals surface area contributed by atoms with Gasteiger partial charge in [0.25, 0.3) is 0 Å². The topological polar surface area (TPSA) is 80.7 Å². The van der Waals surface area contributed by atoms with Crippen molar-refractivity contribution in [3.05, 3.63) is 91.0 Å². The van der Waals surface area contributed by atoms with Crippen LogP contribution in [0.5, 0.6) is 0 Å². The second-order valence-corrected chi connectivity index (χ2v) is 13.7. The molecule has 1 N–H and O–H groups in total. The molecule has 0 bridgehead atoms. The normalized spacial score (nSPS) is 15.2. The fraction of sp³-hybridized carbons (Fsp3) is 0.321. The minimum atomic E-state index is -5.54. The van der Waals surface area contributed by atoms with Gasteiger partial charge in [0.15, 0.2) is 6.61 Å². The third kappa shape index (κ3) is 7.40. The molecule has 0 amide bonds. The molecule has 1 saturated carbocycles. The van der Waals surface area contributed by atoms with Crippen LogP contribution in [0, 0.1) is 5.92 Å². The Morgan fingerprint density at radius 2 is 1.19 bits per heavy atom. The molecule has 0 unspecified atom stereocenters. The highest BCUT2D eigenvalue weighted by Gasteiger charge is 2.46. The molecule has 3 aromatic carbocycles. The van der Waals surface area contributed by atoms with Gasteiger partial charge in [0.2, 0.25) is 0 Å². The van der Waals surface area contributed by atoms with Crippen molar-refractivity contribution in [3.63, 3.8) is 0 Å². The number of hydrogen-bond donors (Lipinski definition) is 1. The van der Waals surface area contributed by atoms with Gasteiger partial charge in [0.1, 0.15) is 0 Å². The van der Waals surface area contributed by atoms with E-state index in [1.165, 1.54) is 14.7 Å². The molecule has 37 heavy (non-hydrogen) atoms. The summed E-state index contributed by atoms with van der Waals surface area (Å²) in [5, 5.41) is -4.45. The van der Waals surface area contributed by atoms with E-state index in [9.17, 15) is 22.0 Å². The molecule has 9 heteroatoms. The molecule has 1 aliphatic carbocycles. The molecule has 0 atom stereocenters. The predicted molar refractivity (Wildman–Crippen MR) is 142 cm³/mol. The first-order valence-electron chi connectivity index (χ1n) is 12.0. The van der Waals surface area contributed by atoms with Crippen LogP contribution in [-0.2, 0) is 19.6 Å². The lowest BCUT2D eigenvalue weighted by Crippen LogP contribution is -2.35. The molecule has 0 saturated heterocycles. The Bertz CT molecular complexity index is 1130. The summed E-state index contributed by atoms with van der Waals surface area (Å²) >= 11 is 0. The first kappa shape index (κ1) is 28.8. The van der Waals surface area contributed by atoms with Crippen molar-refractivity contribution in [2.24, 2.45) is 5.92 Å². The predicted octanol–water partition coefficient (Wildman–Crippen LogP) is 7.19. The largest absolute Gasteiger partial charge is 0.458 e. The van der Waals surface area contributed by atoms with Crippen LogP contribution in [0.1, 0.15) is 32.1 Å². The van der Waals surface area contributed by atoms with Gasteiger partial charge in [-0.3, -0.25) is 9.35 Å². The Balaban J connectivity index is 0.000000209. The van der Waals surface area contributed by atoms with Crippen LogP contribution in [0.25, 0.3) is 0 Å². The van der Waals surface area contributed by atoms with Crippen LogP contribution in [-0.4, -0.2) is 37.1 Å². The van der Waals surface area contributed by atoms with Crippen molar-refractivity contribution in [1.29, 1.82) is 0 Å². The zero-order chi connectivity index (χ0) is 26.9. The van der Waals surface area contributed by atoms with Gasteiger partial charge in [-0.25, -0.2) is 0 Å². The molecule has 0 radical (unpaired) electrons. The highest BCUT2D eigenvalue weighted by molar-refractivity contribution is 8.33. The number of alkyl halides is 2. The molecule has 0 aromatic heterocycles. The third-order valence-electron chi connectivity index (χ3n) is 6.34. The molecular formula is C28H32F2O5S2. The molecular weight excluding hydrogens is 518 g/mol. The van der Waals surface area contributed by atoms with Gasteiger partial charge in [-0.05, 0) is 70.2 Å². The minimum absolute atomic E-state index is 0.444. The summed E-state index contributed by atoms with van der Waals surface area (Å²) in [6, 6.07) is 32.5. The van der Waals surface area contributed by atoms with E-state index in [1.54, 1.807) is 0 Å². The first-order chi connectivity index (χ1) is 17.6. The lowest BCUT2D eigenvalue weighted by atomic mass is 9.89. The number of halogens is 2. The number of hydrogen-bond acceptors (Lipinski definition) is 4. The average Bonchev–Trinajstić information content (AvgIpc) is 2.93. The Hall–Kier alpha value is -2.75. The van der Waals surface area contributed by atoms with E-state index < -0.39 is 43.9 Å². The fourth-order valence-corrected chi connectivity index (χ4v) is 7.30. The second kappa shape index (κ2) is 12.7. The molecule has 3 aromatic rings. The maximum atomic E-state index is 12.7. The summed E-state index contributed by atoms with van der Waals surface area (Å²) in [7, 11) is -6.71. The van der Waals surface area contributed by atoms with E-state index in [2.05, 4.69) is 102 Å². The molecule has 0 heterocycles. The Kier molecular flexibility index (Phi) is 9.87. The lowest BCUT2D eigenvalue weighted by molar-refractivity contribution is -0.155. The van der Waals surface area contributed by atoms with Gasteiger partial charge < -0.3 is 4.74 Å². The second-order valence-electron chi connectivity index (χ2n) is 8.91. The van der Waals surface area contributed by atoms with Crippen molar-refractivity contribution < 1.29 is 31.3 Å². The van der Waals surface area contributed by atoms with Crippen LogP contribution in [0.2, 0.25) is 0 Å². The zero-order valence-corrected chi connectivity index (χ0v) is 22.3. The van der Waals surface area contributed by atoms with E-state index >= 15 is 0 Å². The maximum absolute atomic E-state index is 12.7. The molecule has 0 spiro atoms. The summed E-state index contributed by atoms with van der Waals surface area (Å²) in [4.78, 5) is 15.5. The smallest absolute Gasteiger partial charge is 0.402 e. The molecule has 4 rings (SSSR count). The van der Waals surface area contributed by atoms with E-state index in [4.69, 9.17) is 4.55 Å². The summed E-state index contributed by atoms with van der Waals surface area (Å²) < 4.78 is 58.4. The zero-order valence-electron chi connectivity index (χ0n) is 20.6. The van der Waals surface area contributed by atoms with Crippen molar-refractivity contribution >= 4 is 26.1 Å². The highest BCUT2D eigenvalue weighted by Crippen LogP contribution is 2.65. The molecule has 0 aliphatic heterocycles.